The van der Waals surface area contributed by atoms with E-state index in [1.807, 2.05) is 24.3 Å². The number of allylic oxidation sites excluding steroid dienone is 1. The minimum Gasteiger partial charge on any atom is -0.454 e. The third-order valence-corrected chi connectivity index (χ3v) is 3.16. The van der Waals surface area contributed by atoms with E-state index in [1.54, 1.807) is 6.92 Å². The molecule has 0 spiro atoms. The van der Waals surface area contributed by atoms with Crippen LogP contribution in [0.15, 0.2) is 55.1 Å². The third kappa shape index (κ3) is 4.19. The fourth-order valence-electron chi connectivity index (χ4n) is 2.08. The van der Waals surface area contributed by atoms with Crippen LogP contribution in [0.3, 0.4) is 0 Å². The van der Waals surface area contributed by atoms with Crippen molar-refractivity contribution in [2.45, 2.75) is 26.4 Å². The molecule has 114 valence electrons. The summed E-state index contributed by atoms with van der Waals surface area (Å²) in [7, 11) is 0. The quantitative estimate of drug-likeness (QED) is 0.484. The van der Waals surface area contributed by atoms with Crippen LogP contribution in [0.2, 0.25) is 0 Å². The summed E-state index contributed by atoms with van der Waals surface area (Å²) in [6.07, 6.45) is 3.24. The molecule has 2 rings (SSSR count). The number of hydrogen-bond acceptors (Lipinski definition) is 3. The molecule has 0 fully saturated rings. The molecule has 0 saturated carbocycles. The molecule has 22 heavy (non-hydrogen) atoms. The van der Waals surface area contributed by atoms with E-state index < -0.39 is 5.97 Å². The van der Waals surface area contributed by atoms with Crippen LogP contribution < -0.4 is 0 Å². The molecular formula is C18H20N2O2. The number of carbonyl (C=O) groups excluding carboxylic acids is 1. The van der Waals surface area contributed by atoms with Crippen molar-refractivity contribution >= 4 is 5.97 Å². The van der Waals surface area contributed by atoms with Gasteiger partial charge in [0, 0.05) is 24.1 Å². The highest BCUT2D eigenvalue weighted by Gasteiger charge is 2.12. The molecule has 0 unspecified atom stereocenters. The van der Waals surface area contributed by atoms with Gasteiger partial charge in [0.25, 0.3) is 0 Å². The normalized spacial score (nSPS) is 10.2. The Labute approximate surface area is 130 Å². The minimum absolute atomic E-state index is 0.116. The van der Waals surface area contributed by atoms with E-state index in [0.717, 1.165) is 17.8 Å². The van der Waals surface area contributed by atoms with E-state index >= 15 is 0 Å². The van der Waals surface area contributed by atoms with Crippen molar-refractivity contribution in [1.29, 1.82) is 0 Å². The van der Waals surface area contributed by atoms with Gasteiger partial charge in [0.05, 0.1) is 5.69 Å². The number of nitrogens with zero attached hydrogens (tertiary/aromatic N) is 1. The van der Waals surface area contributed by atoms with Gasteiger partial charge in [-0.1, -0.05) is 43.0 Å². The van der Waals surface area contributed by atoms with Gasteiger partial charge in [-0.05, 0) is 12.5 Å². The van der Waals surface area contributed by atoms with Crippen molar-refractivity contribution in [1.82, 2.24) is 9.97 Å². The van der Waals surface area contributed by atoms with E-state index in [-0.39, 0.29) is 6.61 Å². The number of esters is 1. The zero-order valence-electron chi connectivity index (χ0n) is 12.8. The first kappa shape index (κ1) is 15.8. The Bertz CT molecular complexity index is 672. The lowest BCUT2D eigenvalue weighted by molar-refractivity contribution is -0.140. The largest absolute Gasteiger partial charge is 0.454 e. The molecular weight excluding hydrogens is 276 g/mol. The molecule has 1 aromatic heterocycles. The van der Waals surface area contributed by atoms with Gasteiger partial charge < -0.3 is 9.72 Å². The van der Waals surface area contributed by atoms with Crippen LogP contribution in [0, 0.1) is 0 Å². The molecule has 2 aromatic rings. The maximum atomic E-state index is 11.4. The molecule has 0 aliphatic rings. The number of aromatic nitrogens is 2. The number of nitrogens with one attached hydrogen (secondary N) is 1. The summed E-state index contributed by atoms with van der Waals surface area (Å²) in [5.41, 5.74) is 3.53. The van der Waals surface area contributed by atoms with Crippen LogP contribution >= 0.6 is 0 Å². The van der Waals surface area contributed by atoms with Gasteiger partial charge in [0.2, 0.25) is 0 Å². The average molecular weight is 296 g/mol. The summed E-state index contributed by atoms with van der Waals surface area (Å²) in [5.74, 6) is 0.226. The second-order valence-electron chi connectivity index (χ2n) is 5.12. The zero-order valence-corrected chi connectivity index (χ0v) is 12.8. The van der Waals surface area contributed by atoms with Gasteiger partial charge in [-0.15, -0.1) is 6.58 Å². The van der Waals surface area contributed by atoms with Crippen molar-refractivity contribution in [2.24, 2.45) is 0 Å². The third-order valence-electron chi connectivity index (χ3n) is 3.16. The van der Waals surface area contributed by atoms with Crippen LogP contribution in [-0.4, -0.2) is 15.9 Å². The molecule has 0 atom stereocenters. The Morgan fingerprint density at radius 2 is 2.09 bits per heavy atom. The molecule has 4 nitrogen and oxygen atoms in total. The monoisotopic (exact) mass is 296 g/mol. The molecule has 4 heteroatoms. The Morgan fingerprint density at radius 3 is 2.73 bits per heavy atom. The summed E-state index contributed by atoms with van der Waals surface area (Å²) < 4.78 is 5.13. The van der Waals surface area contributed by atoms with E-state index in [2.05, 4.69) is 35.3 Å². The lowest BCUT2D eigenvalue weighted by atomic mass is 10.1. The van der Waals surface area contributed by atoms with Gasteiger partial charge in [-0.3, -0.25) is 0 Å². The van der Waals surface area contributed by atoms with Crippen molar-refractivity contribution in [3.8, 4) is 0 Å². The highest BCUT2D eigenvalue weighted by Crippen LogP contribution is 2.14. The fourth-order valence-corrected chi connectivity index (χ4v) is 2.08. The lowest BCUT2D eigenvalue weighted by Crippen LogP contribution is -2.05. The smallest absolute Gasteiger partial charge is 0.333 e. The molecule has 0 bridgehead atoms. The van der Waals surface area contributed by atoms with Crippen LogP contribution in [0.1, 0.15) is 29.7 Å². The summed E-state index contributed by atoms with van der Waals surface area (Å²) in [5, 5.41) is 0. The second kappa shape index (κ2) is 7.41. The van der Waals surface area contributed by atoms with Crippen molar-refractivity contribution < 1.29 is 9.53 Å². The van der Waals surface area contributed by atoms with E-state index in [1.165, 1.54) is 5.56 Å². The standard InChI is InChI=1S/C18H20N2O2/c1-4-8-15-16(11-14-9-6-5-7-10-14)20-17(19-15)12-22-18(21)13(2)3/h4-7,9-10H,1-2,8,11-12H2,3H3,(H,19,20). The van der Waals surface area contributed by atoms with Crippen molar-refractivity contribution in [2.75, 3.05) is 0 Å². The number of imidazole rings is 1. The maximum Gasteiger partial charge on any atom is 0.333 e. The zero-order chi connectivity index (χ0) is 15.9. The molecule has 0 saturated heterocycles. The Kier molecular flexibility index (Phi) is 5.31. The Morgan fingerprint density at radius 1 is 1.36 bits per heavy atom. The molecule has 0 amide bonds. The Hall–Kier alpha value is -2.62. The summed E-state index contributed by atoms with van der Waals surface area (Å²) in [6, 6.07) is 10.1. The number of ether oxygens (including phenoxy) is 1. The van der Waals surface area contributed by atoms with Gasteiger partial charge in [0.15, 0.2) is 0 Å². The number of carbonyl (C=O) groups is 1. The van der Waals surface area contributed by atoms with Crippen LogP contribution in [0.25, 0.3) is 0 Å². The van der Waals surface area contributed by atoms with Gasteiger partial charge in [-0.25, -0.2) is 9.78 Å². The SMILES string of the molecule is C=CCc1nc(COC(=O)C(=C)C)[nH]c1Cc1ccccc1. The molecule has 1 heterocycles. The van der Waals surface area contributed by atoms with E-state index in [4.69, 9.17) is 4.74 Å². The topological polar surface area (TPSA) is 55.0 Å². The van der Waals surface area contributed by atoms with Gasteiger partial charge in [-0.2, -0.15) is 0 Å². The number of aromatic amines is 1. The predicted octanol–water partition coefficient (Wildman–Crippen LogP) is 3.35. The molecule has 1 aromatic carbocycles. The summed E-state index contributed by atoms with van der Waals surface area (Å²) in [6.45, 7) is 9.05. The fraction of sp³-hybridized carbons (Fsp3) is 0.222. The summed E-state index contributed by atoms with van der Waals surface area (Å²) >= 11 is 0. The second-order valence-corrected chi connectivity index (χ2v) is 5.12. The number of hydrogen-bond donors (Lipinski definition) is 1. The van der Waals surface area contributed by atoms with E-state index in [0.29, 0.717) is 17.8 Å². The first-order valence-corrected chi connectivity index (χ1v) is 7.14. The van der Waals surface area contributed by atoms with Crippen molar-refractivity contribution in [3.05, 3.63) is 77.9 Å². The molecule has 1 N–H and O–H groups in total. The average Bonchev–Trinajstić information content (AvgIpc) is 2.88. The minimum atomic E-state index is -0.411. The van der Waals surface area contributed by atoms with Crippen molar-refractivity contribution in [3.63, 3.8) is 0 Å². The lowest BCUT2D eigenvalue weighted by Gasteiger charge is -2.02. The van der Waals surface area contributed by atoms with Gasteiger partial charge >= 0.3 is 5.97 Å². The Balaban J connectivity index is 2.13. The maximum absolute atomic E-state index is 11.4. The first-order valence-electron chi connectivity index (χ1n) is 7.14. The molecule has 0 aliphatic heterocycles. The summed E-state index contributed by atoms with van der Waals surface area (Å²) in [4.78, 5) is 19.2. The predicted molar refractivity (Wildman–Crippen MR) is 86.3 cm³/mol. The highest BCUT2D eigenvalue weighted by molar-refractivity contribution is 5.86. The number of benzene rings is 1. The van der Waals surface area contributed by atoms with Crippen LogP contribution in [-0.2, 0) is 29.0 Å². The molecule has 0 aliphatic carbocycles. The van der Waals surface area contributed by atoms with E-state index in [9.17, 15) is 4.79 Å². The first-order chi connectivity index (χ1) is 10.6. The highest BCUT2D eigenvalue weighted by atomic mass is 16.5. The molecule has 0 radical (unpaired) electrons. The number of rotatable bonds is 7. The number of H-pyrrole nitrogens is 1. The van der Waals surface area contributed by atoms with Gasteiger partial charge in [0.1, 0.15) is 12.4 Å². The van der Waals surface area contributed by atoms with Crippen LogP contribution in [0.5, 0.6) is 0 Å². The van der Waals surface area contributed by atoms with Crippen LogP contribution in [0.4, 0.5) is 0 Å².